The summed E-state index contributed by atoms with van der Waals surface area (Å²) in [5.74, 6) is 0.980. The Kier molecular flexibility index (Phi) is 6.03. The van der Waals surface area contributed by atoms with Gasteiger partial charge in [-0.05, 0) is 30.3 Å². The molecule has 1 aliphatic heterocycles. The Morgan fingerprint density at radius 3 is 2.14 bits per heavy atom. The van der Waals surface area contributed by atoms with E-state index in [-0.39, 0.29) is 11.8 Å². The SMILES string of the molecule is COc1cc(OC)cc(C(=O)Nc2cccc(N3CCN(C(C)=O)CC3)c2)c1. The Hall–Kier alpha value is -3.22. The number of hydrogen-bond acceptors (Lipinski definition) is 5. The van der Waals surface area contributed by atoms with Crippen molar-refractivity contribution >= 4 is 23.2 Å². The summed E-state index contributed by atoms with van der Waals surface area (Å²) < 4.78 is 10.5. The molecule has 1 N–H and O–H groups in total. The number of hydrogen-bond donors (Lipinski definition) is 1. The van der Waals surface area contributed by atoms with E-state index in [2.05, 4.69) is 10.2 Å². The maximum absolute atomic E-state index is 12.7. The maximum Gasteiger partial charge on any atom is 0.255 e. The Balaban J connectivity index is 1.71. The van der Waals surface area contributed by atoms with Crippen molar-refractivity contribution in [1.82, 2.24) is 4.90 Å². The zero-order valence-corrected chi connectivity index (χ0v) is 16.4. The zero-order valence-electron chi connectivity index (χ0n) is 16.4. The van der Waals surface area contributed by atoms with Crippen LogP contribution in [0.2, 0.25) is 0 Å². The van der Waals surface area contributed by atoms with Gasteiger partial charge in [-0.1, -0.05) is 6.07 Å². The van der Waals surface area contributed by atoms with Crippen LogP contribution in [-0.4, -0.2) is 57.1 Å². The van der Waals surface area contributed by atoms with E-state index in [1.807, 2.05) is 29.2 Å². The molecule has 0 saturated carbocycles. The summed E-state index contributed by atoms with van der Waals surface area (Å²) in [6.45, 7) is 4.54. The minimum absolute atomic E-state index is 0.106. The van der Waals surface area contributed by atoms with Gasteiger partial charge in [0, 0.05) is 56.1 Å². The Morgan fingerprint density at radius 1 is 0.929 bits per heavy atom. The monoisotopic (exact) mass is 383 g/mol. The summed E-state index contributed by atoms with van der Waals surface area (Å²) in [5, 5.41) is 2.93. The van der Waals surface area contributed by atoms with Crippen molar-refractivity contribution in [2.24, 2.45) is 0 Å². The highest BCUT2D eigenvalue weighted by Crippen LogP contribution is 2.25. The van der Waals surface area contributed by atoms with E-state index in [4.69, 9.17) is 9.47 Å². The molecule has 0 radical (unpaired) electrons. The molecule has 2 aromatic carbocycles. The van der Waals surface area contributed by atoms with Gasteiger partial charge in [-0.2, -0.15) is 0 Å². The summed E-state index contributed by atoms with van der Waals surface area (Å²) >= 11 is 0. The predicted octanol–water partition coefficient (Wildman–Crippen LogP) is 2.62. The van der Waals surface area contributed by atoms with Crippen LogP contribution in [0, 0.1) is 0 Å². The molecule has 1 fully saturated rings. The number of piperazine rings is 1. The van der Waals surface area contributed by atoms with Gasteiger partial charge in [0.25, 0.3) is 5.91 Å². The Morgan fingerprint density at radius 2 is 1.57 bits per heavy atom. The van der Waals surface area contributed by atoms with E-state index in [1.165, 1.54) is 0 Å². The van der Waals surface area contributed by atoms with Crippen molar-refractivity contribution in [2.45, 2.75) is 6.92 Å². The molecule has 0 aliphatic carbocycles. The lowest BCUT2D eigenvalue weighted by molar-refractivity contribution is -0.129. The second kappa shape index (κ2) is 8.65. The third-order valence-electron chi connectivity index (χ3n) is 4.81. The molecular weight excluding hydrogens is 358 g/mol. The molecule has 7 nitrogen and oxygen atoms in total. The highest BCUT2D eigenvalue weighted by Gasteiger charge is 2.19. The van der Waals surface area contributed by atoms with Crippen molar-refractivity contribution in [3.63, 3.8) is 0 Å². The number of carbonyl (C=O) groups is 2. The topological polar surface area (TPSA) is 71.1 Å². The average molecular weight is 383 g/mol. The van der Waals surface area contributed by atoms with Gasteiger partial charge in [-0.15, -0.1) is 0 Å². The standard InChI is InChI=1S/C21H25N3O4/c1-15(25)23-7-9-24(10-8-23)18-6-4-5-17(13-18)22-21(26)16-11-19(27-2)14-20(12-16)28-3/h4-6,11-14H,7-10H2,1-3H3,(H,22,26). The summed E-state index contributed by atoms with van der Waals surface area (Å²) in [7, 11) is 3.09. The van der Waals surface area contributed by atoms with E-state index in [0.29, 0.717) is 35.8 Å². The van der Waals surface area contributed by atoms with Crippen LogP contribution in [-0.2, 0) is 4.79 Å². The smallest absolute Gasteiger partial charge is 0.255 e. The minimum atomic E-state index is -0.240. The van der Waals surface area contributed by atoms with Crippen LogP contribution in [0.5, 0.6) is 11.5 Å². The van der Waals surface area contributed by atoms with Gasteiger partial charge in [0.15, 0.2) is 0 Å². The summed E-state index contributed by atoms with van der Waals surface area (Å²) in [6, 6.07) is 12.8. The molecule has 0 spiro atoms. The molecule has 0 aromatic heterocycles. The molecular formula is C21H25N3O4. The molecule has 28 heavy (non-hydrogen) atoms. The third-order valence-corrected chi connectivity index (χ3v) is 4.81. The fourth-order valence-electron chi connectivity index (χ4n) is 3.20. The number of anilines is 2. The van der Waals surface area contributed by atoms with Crippen LogP contribution in [0.3, 0.4) is 0 Å². The van der Waals surface area contributed by atoms with Crippen LogP contribution in [0.4, 0.5) is 11.4 Å². The van der Waals surface area contributed by atoms with E-state index < -0.39 is 0 Å². The minimum Gasteiger partial charge on any atom is -0.497 e. The fraction of sp³-hybridized carbons (Fsp3) is 0.333. The molecule has 148 valence electrons. The molecule has 7 heteroatoms. The van der Waals surface area contributed by atoms with E-state index in [1.54, 1.807) is 39.3 Å². The summed E-state index contributed by atoms with van der Waals surface area (Å²) in [5.41, 5.74) is 2.18. The van der Waals surface area contributed by atoms with Crippen LogP contribution in [0.25, 0.3) is 0 Å². The molecule has 1 aliphatic rings. The van der Waals surface area contributed by atoms with Gasteiger partial charge in [0.1, 0.15) is 11.5 Å². The summed E-state index contributed by atoms with van der Waals surface area (Å²) in [6.07, 6.45) is 0. The largest absolute Gasteiger partial charge is 0.497 e. The molecule has 1 heterocycles. The second-order valence-corrected chi connectivity index (χ2v) is 6.60. The van der Waals surface area contributed by atoms with Gasteiger partial charge in [0.05, 0.1) is 14.2 Å². The fourth-order valence-corrected chi connectivity index (χ4v) is 3.20. The number of benzene rings is 2. The number of methoxy groups -OCH3 is 2. The van der Waals surface area contributed by atoms with Crippen LogP contribution < -0.4 is 19.7 Å². The molecule has 3 rings (SSSR count). The van der Waals surface area contributed by atoms with Gasteiger partial charge in [0.2, 0.25) is 5.91 Å². The van der Waals surface area contributed by atoms with Crippen molar-refractivity contribution in [2.75, 3.05) is 50.6 Å². The normalized spacial score (nSPS) is 13.8. The van der Waals surface area contributed by atoms with E-state index >= 15 is 0 Å². The van der Waals surface area contributed by atoms with E-state index in [9.17, 15) is 9.59 Å². The number of carbonyl (C=O) groups excluding carboxylic acids is 2. The van der Waals surface area contributed by atoms with Crippen molar-refractivity contribution in [1.29, 1.82) is 0 Å². The van der Waals surface area contributed by atoms with Gasteiger partial charge < -0.3 is 24.6 Å². The molecule has 2 aromatic rings. The first-order valence-corrected chi connectivity index (χ1v) is 9.15. The molecule has 0 unspecified atom stereocenters. The van der Waals surface area contributed by atoms with Crippen LogP contribution in [0.15, 0.2) is 42.5 Å². The Bertz CT molecular complexity index is 838. The molecule has 0 bridgehead atoms. The lowest BCUT2D eigenvalue weighted by Gasteiger charge is -2.35. The van der Waals surface area contributed by atoms with E-state index in [0.717, 1.165) is 18.8 Å². The number of nitrogens with zero attached hydrogens (tertiary/aromatic N) is 2. The first kappa shape index (κ1) is 19.5. The lowest BCUT2D eigenvalue weighted by atomic mass is 10.1. The Labute approximate surface area is 164 Å². The van der Waals surface area contributed by atoms with Crippen molar-refractivity contribution in [3.05, 3.63) is 48.0 Å². The number of rotatable bonds is 5. The maximum atomic E-state index is 12.7. The second-order valence-electron chi connectivity index (χ2n) is 6.60. The highest BCUT2D eigenvalue weighted by molar-refractivity contribution is 6.05. The predicted molar refractivity (Wildman–Crippen MR) is 108 cm³/mol. The molecule has 1 saturated heterocycles. The lowest BCUT2D eigenvalue weighted by Crippen LogP contribution is -2.48. The van der Waals surface area contributed by atoms with Gasteiger partial charge in [-0.25, -0.2) is 0 Å². The first-order chi connectivity index (χ1) is 13.5. The van der Waals surface area contributed by atoms with Crippen molar-refractivity contribution < 1.29 is 19.1 Å². The number of ether oxygens (including phenoxy) is 2. The molecule has 2 amide bonds. The van der Waals surface area contributed by atoms with Gasteiger partial charge >= 0.3 is 0 Å². The van der Waals surface area contributed by atoms with Gasteiger partial charge in [-0.3, -0.25) is 9.59 Å². The first-order valence-electron chi connectivity index (χ1n) is 9.15. The van der Waals surface area contributed by atoms with Crippen LogP contribution in [0.1, 0.15) is 17.3 Å². The zero-order chi connectivity index (χ0) is 20.1. The summed E-state index contributed by atoms with van der Waals surface area (Å²) in [4.78, 5) is 28.2. The van der Waals surface area contributed by atoms with Crippen LogP contribution >= 0.6 is 0 Å². The highest BCUT2D eigenvalue weighted by atomic mass is 16.5. The number of amides is 2. The average Bonchev–Trinajstić information content (AvgIpc) is 2.73. The van der Waals surface area contributed by atoms with Crippen molar-refractivity contribution in [3.8, 4) is 11.5 Å². The quantitative estimate of drug-likeness (QED) is 0.859. The number of nitrogens with one attached hydrogen (secondary N) is 1. The third kappa shape index (κ3) is 4.54. The molecule has 0 atom stereocenters.